The number of fused-ring (bicyclic) bond motifs is 1. The summed E-state index contributed by atoms with van der Waals surface area (Å²) >= 11 is 2.15. The van der Waals surface area contributed by atoms with Crippen molar-refractivity contribution in [3.05, 3.63) is 16.0 Å². The molecule has 0 aliphatic heterocycles. The van der Waals surface area contributed by atoms with Crippen molar-refractivity contribution in [2.24, 2.45) is 7.05 Å². The van der Waals surface area contributed by atoms with E-state index in [2.05, 4.69) is 32.7 Å². The van der Waals surface area contributed by atoms with E-state index in [-0.39, 0.29) is 0 Å². The number of hydrogen-bond acceptors (Lipinski definition) is 3. The lowest BCUT2D eigenvalue weighted by Crippen LogP contribution is -1.91. The van der Waals surface area contributed by atoms with E-state index in [4.69, 9.17) is 5.73 Å². The molecule has 62 valence electrons. The quantitative estimate of drug-likeness (QED) is 0.733. The molecule has 0 saturated carbocycles. The third-order valence-electron chi connectivity index (χ3n) is 1.75. The van der Waals surface area contributed by atoms with Crippen molar-refractivity contribution in [3.63, 3.8) is 0 Å². The molecular weight excluding hydrogens is 267 g/mol. The maximum atomic E-state index is 5.70. The molecule has 2 aromatic heterocycles. The Kier molecular flexibility index (Phi) is 1.67. The zero-order chi connectivity index (χ0) is 8.72. The first-order chi connectivity index (χ1) is 5.70. The highest BCUT2D eigenvalue weighted by molar-refractivity contribution is 14.1. The fourth-order valence-corrected chi connectivity index (χ4v) is 2.06. The highest BCUT2D eigenvalue weighted by atomic mass is 127. The van der Waals surface area contributed by atoms with Crippen molar-refractivity contribution in [3.8, 4) is 0 Å². The third-order valence-corrected chi connectivity index (χ3v) is 2.51. The van der Waals surface area contributed by atoms with Crippen molar-refractivity contribution in [1.29, 1.82) is 0 Å². The van der Waals surface area contributed by atoms with Gasteiger partial charge in [-0.2, -0.15) is 5.10 Å². The minimum absolute atomic E-state index is 0.546. The molecule has 0 aliphatic carbocycles. The van der Waals surface area contributed by atoms with Crippen molar-refractivity contribution in [2.75, 3.05) is 5.73 Å². The Hall–Kier alpha value is -0.850. The zero-order valence-corrected chi connectivity index (χ0v) is 8.61. The number of nitrogen functional groups attached to an aromatic ring is 1. The monoisotopic (exact) mass is 274 g/mol. The van der Waals surface area contributed by atoms with Gasteiger partial charge in [0.1, 0.15) is 9.52 Å². The second-order valence-corrected chi connectivity index (χ2v) is 3.53. The Morgan fingerprint density at radius 2 is 2.33 bits per heavy atom. The smallest absolute Gasteiger partial charge is 0.135 e. The number of aryl methyl sites for hydroxylation is 1. The summed E-state index contributed by atoms with van der Waals surface area (Å²) in [5.41, 5.74) is 6.72. The molecule has 0 spiro atoms. The summed E-state index contributed by atoms with van der Waals surface area (Å²) in [6.45, 7) is 0. The Morgan fingerprint density at radius 3 is 3.00 bits per heavy atom. The van der Waals surface area contributed by atoms with Gasteiger partial charge >= 0.3 is 0 Å². The molecule has 12 heavy (non-hydrogen) atoms. The number of nitrogens with two attached hydrogens (primary N) is 1. The van der Waals surface area contributed by atoms with E-state index >= 15 is 0 Å². The molecule has 2 rings (SSSR count). The maximum Gasteiger partial charge on any atom is 0.135 e. The Labute approximate surface area is 82.9 Å². The topological polar surface area (TPSA) is 56.7 Å². The number of hydrogen-bond donors (Lipinski definition) is 1. The van der Waals surface area contributed by atoms with Crippen molar-refractivity contribution in [2.45, 2.75) is 0 Å². The van der Waals surface area contributed by atoms with Gasteiger partial charge < -0.3 is 5.73 Å². The predicted octanol–water partition coefficient (Wildman–Crippen LogP) is 1.16. The van der Waals surface area contributed by atoms with Crippen LogP contribution in [-0.2, 0) is 7.05 Å². The Bertz CT molecular complexity index is 434. The van der Waals surface area contributed by atoms with Crippen LogP contribution in [0.4, 0.5) is 5.82 Å². The first-order valence-electron chi connectivity index (χ1n) is 3.43. The standard InChI is InChI=1S/C7H7IN4/c1-12-4-2-3-10-7(9)5(4)6(8)11-12/h2-3H,1H3,(H2,9,10). The highest BCUT2D eigenvalue weighted by Crippen LogP contribution is 2.22. The van der Waals surface area contributed by atoms with Gasteiger partial charge in [-0.1, -0.05) is 0 Å². The van der Waals surface area contributed by atoms with Crippen LogP contribution >= 0.6 is 22.6 Å². The molecule has 2 aromatic rings. The van der Waals surface area contributed by atoms with Gasteiger partial charge in [-0.15, -0.1) is 0 Å². The second kappa shape index (κ2) is 2.58. The molecule has 0 aromatic carbocycles. The lowest BCUT2D eigenvalue weighted by atomic mass is 10.3. The van der Waals surface area contributed by atoms with E-state index in [0.29, 0.717) is 5.82 Å². The van der Waals surface area contributed by atoms with Gasteiger partial charge in [-0.3, -0.25) is 4.68 Å². The van der Waals surface area contributed by atoms with Crippen molar-refractivity contribution >= 4 is 39.3 Å². The Morgan fingerprint density at radius 1 is 1.58 bits per heavy atom. The number of aromatic nitrogens is 3. The minimum Gasteiger partial charge on any atom is -0.383 e. The predicted molar refractivity (Wildman–Crippen MR) is 55.6 cm³/mol. The van der Waals surface area contributed by atoms with Gasteiger partial charge in [0, 0.05) is 13.2 Å². The summed E-state index contributed by atoms with van der Waals surface area (Å²) in [7, 11) is 1.89. The lowest BCUT2D eigenvalue weighted by Gasteiger charge is -1.94. The minimum atomic E-state index is 0.546. The fraction of sp³-hybridized carbons (Fsp3) is 0.143. The SMILES string of the molecule is Cn1nc(I)c2c(N)nccc21. The van der Waals surface area contributed by atoms with Gasteiger partial charge in [0.2, 0.25) is 0 Å². The van der Waals surface area contributed by atoms with Gasteiger partial charge in [-0.25, -0.2) is 4.98 Å². The van der Waals surface area contributed by atoms with Crippen LogP contribution in [0.25, 0.3) is 10.9 Å². The van der Waals surface area contributed by atoms with Crippen LogP contribution in [0, 0.1) is 3.70 Å². The van der Waals surface area contributed by atoms with E-state index in [1.165, 1.54) is 0 Å². The van der Waals surface area contributed by atoms with Crippen LogP contribution in [0.5, 0.6) is 0 Å². The van der Waals surface area contributed by atoms with E-state index in [9.17, 15) is 0 Å². The van der Waals surface area contributed by atoms with Crippen LogP contribution in [0.2, 0.25) is 0 Å². The molecule has 0 atom stereocenters. The number of nitrogens with zero attached hydrogens (tertiary/aromatic N) is 3. The number of halogens is 1. The first-order valence-corrected chi connectivity index (χ1v) is 4.50. The summed E-state index contributed by atoms with van der Waals surface area (Å²) in [4.78, 5) is 4.00. The van der Waals surface area contributed by atoms with Crippen LogP contribution in [-0.4, -0.2) is 14.8 Å². The van der Waals surface area contributed by atoms with Gasteiger partial charge in [-0.05, 0) is 28.7 Å². The zero-order valence-electron chi connectivity index (χ0n) is 6.45. The average molecular weight is 274 g/mol. The van der Waals surface area contributed by atoms with Gasteiger partial charge in [0.15, 0.2) is 0 Å². The summed E-state index contributed by atoms with van der Waals surface area (Å²) in [6, 6.07) is 1.90. The number of rotatable bonds is 0. The first kappa shape index (κ1) is 7.78. The van der Waals surface area contributed by atoms with Crippen LogP contribution in [0.15, 0.2) is 12.3 Å². The van der Waals surface area contributed by atoms with Crippen LogP contribution < -0.4 is 5.73 Å². The molecule has 0 aliphatic rings. The van der Waals surface area contributed by atoms with Crippen LogP contribution in [0.1, 0.15) is 0 Å². The maximum absolute atomic E-state index is 5.70. The molecule has 0 fully saturated rings. The molecular formula is C7H7IN4. The van der Waals surface area contributed by atoms with Crippen molar-refractivity contribution in [1.82, 2.24) is 14.8 Å². The lowest BCUT2D eigenvalue weighted by molar-refractivity contribution is 0.787. The van der Waals surface area contributed by atoms with E-state index in [1.807, 2.05) is 13.1 Å². The summed E-state index contributed by atoms with van der Waals surface area (Å²) in [5.74, 6) is 0.546. The van der Waals surface area contributed by atoms with E-state index < -0.39 is 0 Å². The normalized spacial score (nSPS) is 10.8. The molecule has 2 heterocycles. The molecule has 0 amide bonds. The number of pyridine rings is 1. The molecule has 0 unspecified atom stereocenters. The molecule has 4 nitrogen and oxygen atoms in total. The second-order valence-electron chi connectivity index (χ2n) is 2.50. The summed E-state index contributed by atoms with van der Waals surface area (Å²) in [6.07, 6.45) is 1.69. The summed E-state index contributed by atoms with van der Waals surface area (Å²) < 4.78 is 2.70. The molecule has 0 bridgehead atoms. The molecule has 0 radical (unpaired) electrons. The van der Waals surface area contributed by atoms with E-state index in [0.717, 1.165) is 14.6 Å². The number of anilines is 1. The largest absolute Gasteiger partial charge is 0.383 e. The Balaban J connectivity index is 2.99. The van der Waals surface area contributed by atoms with Crippen LogP contribution in [0.3, 0.4) is 0 Å². The highest BCUT2D eigenvalue weighted by Gasteiger charge is 2.08. The van der Waals surface area contributed by atoms with Gasteiger partial charge in [0.25, 0.3) is 0 Å². The van der Waals surface area contributed by atoms with E-state index in [1.54, 1.807) is 10.9 Å². The summed E-state index contributed by atoms with van der Waals surface area (Å²) in [5, 5.41) is 5.18. The van der Waals surface area contributed by atoms with Crippen molar-refractivity contribution < 1.29 is 0 Å². The average Bonchev–Trinajstić information content (AvgIpc) is 2.29. The third kappa shape index (κ3) is 0.961. The molecule has 5 heteroatoms. The molecule has 2 N–H and O–H groups in total. The molecule has 0 saturated heterocycles. The van der Waals surface area contributed by atoms with Gasteiger partial charge in [0.05, 0.1) is 10.9 Å². The fourth-order valence-electron chi connectivity index (χ4n) is 1.18.